The van der Waals surface area contributed by atoms with Crippen molar-refractivity contribution in [2.75, 3.05) is 26.2 Å². The number of β-amino-alcohol motifs (C(OH)–C–C–N with tert-alkyl or cyclic N) is 1. The SMILES string of the molecule is CCC(C)(C)OC[C@H](O)CN1CCC[C@@H](C)C1. The largest absolute Gasteiger partial charge is 0.389 e. The molecule has 0 spiro atoms. The van der Waals surface area contributed by atoms with Gasteiger partial charge in [0.1, 0.15) is 0 Å². The fourth-order valence-electron chi connectivity index (χ4n) is 2.23. The number of piperidine rings is 1. The van der Waals surface area contributed by atoms with Gasteiger partial charge >= 0.3 is 0 Å². The fraction of sp³-hybridized carbons (Fsp3) is 1.00. The Balaban J connectivity index is 2.22. The summed E-state index contributed by atoms with van der Waals surface area (Å²) in [6.07, 6.45) is 3.20. The minimum Gasteiger partial charge on any atom is -0.389 e. The molecule has 0 bridgehead atoms. The summed E-state index contributed by atoms with van der Waals surface area (Å²) in [5.74, 6) is 0.768. The average Bonchev–Trinajstić information content (AvgIpc) is 2.27. The van der Waals surface area contributed by atoms with Gasteiger partial charge < -0.3 is 14.7 Å². The van der Waals surface area contributed by atoms with Crippen LogP contribution in [0, 0.1) is 5.92 Å². The highest BCUT2D eigenvalue weighted by Gasteiger charge is 2.21. The van der Waals surface area contributed by atoms with Crippen LogP contribution in [-0.4, -0.2) is 48.0 Å². The maximum atomic E-state index is 9.98. The smallest absolute Gasteiger partial charge is 0.0900 e. The van der Waals surface area contributed by atoms with E-state index < -0.39 is 0 Å². The predicted molar refractivity (Wildman–Crippen MR) is 71.2 cm³/mol. The van der Waals surface area contributed by atoms with Crippen LogP contribution in [0.25, 0.3) is 0 Å². The molecule has 0 amide bonds. The lowest BCUT2D eigenvalue weighted by molar-refractivity contribution is -0.0689. The van der Waals surface area contributed by atoms with Gasteiger partial charge in [0.2, 0.25) is 0 Å². The normalized spacial score (nSPS) is 24.9. The summed E-state index contributed by atoms with van der Waals surface area (Å²) < 4.78 is 5.73. The fourth-order valence-corrected chi connectivity index (χ4v) is 2.23. The zero-order valence-corrected chi connectivity index (χ0v) is 11.9. The van der Waals surface area contributed by atoms with Crippen molar-refractivity contribution in [1.82, 2.24) is 4.90 Å². The molecule has 1 saturated heterocycles. The third-order valence-electron chi connectivity index (χ3n) is 3.73. The van der Waals surface area contributed by atoms with Crippen molar-refractivity contribution in [2.24, 2.45) is 5.92 Å². The van der Waals surface area contributed by atoms with Crippen molar-refractivity contribution in [1.29, 1.82) is 0 Å². The van der Waals surface area contributed by atoms with Gasteiger partial charge in [-0.2, -0.15) is 0 Å². The first-order valence-electron chi connectivity index (χ1n) is 6.97. The third kappa shape index (κ3) is 5.84. The molecule has 0 saturated carbocycles. The summed E-state index contributed by atoms with van der Waals surface area (Å²) in [6, 6.07) is 0. The van der Waals surface area contributed by atoms with E-state index in [0.29, 0.717) is 6.61 Å². The van der Waals surface area contributed by atoms with Crippen molar-refractivity contribution in [2.45, 2.75) is 58.7 Å². The Morgan fingerprint density at radius 3 is 2.76 bits per heavy atom. The number of hydrogen-bond acceptors (Lipinski definition) is 3. The van der Waals surface area contributed by atoms with Crippen molar-refractivity contribution in [3.05, 3.63) is 0 Å². The lowest BCUT2D eigenvalue weighted by Crippen LogP contribution is -2.41. The average molecular weight is 243 g/mol. The molecule has 102 valence electrons. The molecule has 1 N–H and O–H groups in total. The van der Waals surface area contributed by atoms with Gasteiger partial charge in [-0.1, -0.05) is 13.8 Å². The molecule has 3 heteroatoms. The number of aliphatic hydroxyl groups excluding tert-OH is 1. The molecule has 17 heavy (non-hydrogen) atoms. The van der Waals surface area contributed by atoms with Crippen molar-refractivity contribution in [3.63, 3.8) is 0 Å². The molecular weight excluding hydrogens is 214 g/mol. The molecule has 1 heterocycles. The summed E-state index contributed by atoms with van der Waals surface area (Å²) >= 11 is 0. The van der Waals surface area contributed by atoms with Crippen molar-refractivity contribution in [3.8, 4) is 0 Å². The van der Waals surface area contributed by atoms with Crippen LogP contribution in [0.4, 0.5) is 0 Å². The number of rotatable bonds is 6. The van der Waals surface area contributed by atoms with E-state index in [9.17, 15) is 5.11 Å². The van der Waals surface area contributed by atoms with Crippen LogP contribution >= 0.6 is 0 Å². The molecular formula is C14H29NO2. The maximum Gasteiger partial charge on any atom is 0.0900 e. The molecule has 0 aliphatic carbocycles. The molecule has 2 atom stereocenters. The zero-order chi connectivity index (χ0) is 12.9. The number of ether oxygens (including phenoxy) is 1. The van der Waals surface area contributed by atoms with Crippen LogP contribution in [0.3, 0.4) is 0 Å². The maximum absolute atomic E-state index is 9.98. The first-order valence-corrected chi connectivity index (χ1v) is 6.97. The Morgan fingerprint density at radius 2 is 2.18 bits per heavy atom. The first-order chi connectivity index (χ1) is 7.93. The predicted octanol–water partition coefficient (Wildman–Crippen LogP) is 2.28. The quantitative estimate of drug-likeness (QED) is 0.777. The van der Waals surface area contributed by atoms with Crippen LogP contribution in [0.1, 0.15) is 47.0 Å². The Labute approximate surface area is 106 Å². The Bertz CT molecular complexity index is 218. The second-order valence-corrected chi connectivity index (χ2v) is 6.09. The van der Waals surface area contributed by atoms with Crippen molar-refractivity contribution < 1.29 is 9.84 Å². The van der Waals surface area contributed by atoms with Crippen LogP contribution in [0.5, 0.6) is 0 Å². The van der Waals surface area contributed by atoms with Crippen molar-refractivity contribution >= 4 is 0 Å². The topological polar surface area (TPSA) is 32.7 Å². The molecule has 0 aromatic heterocycles. The minimum absolute atomic E-state index is 0.115. The monoisotopic (exact) mass is 243 g/mol. The molecule has 1 rings (SSSR count). The van der Waals surface area contributed by atoms with E-state index in [1.807, 2.05) is 0 Å². The van der Waals surface area contributed by atoms with E-state index in [2.05, 4.69) is 32.6 Å². The van der Waals surface area contributed by atoms with E-state index in [1.165, 1.54) is 12.8 Å². The molecule has 1 aliphatic heterocycles. The standard InChI is InChI=1S/C14H29NO2/c1-5-14(3,4)17-11-13(16)10-15-8-6-7-12(2)9-15/h12-13,16H,5-11H2,1-4H3/t12-,13-/m1/s1. The summed E-state index contributed by atoms with van der Waals surface area (Å²) in [7, 11) is 0. The number of nitrogens with zero attached hydrogens (tertiary/aromatic N) is 1. The van der Waals surface area contributed by atoms with Gasteiger partial charge in [0.25, 0.3) is 0 Å². The summed E-state index contributed by atoms with van der Waals surface area (Å²) in [5, 5.41) is 9.98. The molecule has 0 aromatic carbocycles. The lowest BCUT2D eigenvalue weighted by Gasteiger charge is -2.33. The number of likely N-dealkylation sites (tertiary alicyclic amines) is 1. The number of aliphatic hydroxyl groups is 1. The van der Waals surface area contributed by atoms with Gasteiger partial charge in [0.15, 0.2) is 0 Å². The zero-order valence-electron chi connectivity index (χ0n) is 11.9. The number of hydrogen-bond donors (Lipinski definition) is 1. The van der Waals surface area contributed by atoms with Gasteiger partial charge in [0, 0.05) is 13.1 Å². The van der Waals surface area contributed by atoms with Gasteiger partial charge in [-0.3, -0.25) is 0 Å². The Morgan fingerprint density at radius 1 is 1.47 bits per heavy atom. The van der Waals surface area contributed by atoms with Crippen LogP contribution in [-0.2, 0) is 4.74 Å². The van der Waals surface area contributed by atoms with E-state index >= 15 is 0 Å². The molecule has 1 fully saturated rings. The van der Waals surface area contributed by atoms with E-state index in [0.717, 1.165) is 32.0 Å². The molecule has 3 nitrogen and oxygen atoms in total. The molecule has 0 unspecified atom stereocenters. The van der Waals surface area contributed by atoms with Crippen LogP contribution in [0.2, 0.25) is 0 Å². The highest BCUT2D eigenvalue weighted by Crippen LogP contribution is 2.17. The summed E-state index contributed by atoms with van der Waals surface area (Å²) in [5.41, 5.74) is -0.115. The molecule has 0 radical (unpaired) electrons. The summed E-state index contributed by atoms with van der Waals surface area (Å²) in [4.78, 5) is 2.36. The molecule has 1 aliphatic rings. The Hall–Kier alpha value is -0.120. The third-order valence-corrected chi connectivity index (χ3v) is 3.73. The van der Waals surface area contributed by atoms with E-state index in [-0.39, 0.29) is 11.7 Å². The lowest BCUT2D eigenvalue weighted by atomic mass is 10.00. The highest BCUT2D eigenvalue weighted by molar-refractivity contribution is 4.73. The van der Waals surface area contributed by atoms with E-state index in [1.54, 1.807) is 0 Å². The van der Waals surface area contributed by atoms with Gasteiger partial charge in [0.05, 0.1) is 18.3 Å². The Kier molecular flexibility index (Phi) is 5.90. The van der Waals surface area contributed by atoms with Crippen LogP contribution < -0.4 is 0 Å². The first kappa shape index (κ1) is 14.9. The minimum atomic E-state index is -0.355. The second kappa shape index (κ2) is 6.72. The van der Waals surface area contributed by atoms with Crippen LogP contribution in [0.15, 0.2) is 0 Å². The highest BCUT2D eigenvalue weighted by atomic mass is 16.5. The van der Waals surface area contributed by atoms with E-state index in [4.69, 9.17) is 4.74 Å². The second-order valence-electron chi connectivity index (χ2n) is 6.09. The van der Waals surface area contributed by atoms with Gasteiger partial charge in [-0.25, -0.2) is 0 Å². The summed E-state index contributed by atoms with van der Waals surface area (Å²) in [6.45, 7) is 12.0. The van der Waals surface area contributed by atoms with Gasteiger partial charge in [-0.05, 0) is 45.6 Å². The molecule has 0 aromatic rings. The van der Waals surface area contributed by atoms with Gasteiger partial charge in [-0.15, -0.1) is 0 Å².